The number of rotatable bonds is 14. The summed E-state index contributed by atoms with van der Waals surface area (Å²) in [5, 5.41) is 21.8. The van der Waals surface area contributed by atoms with Gasteiger partial charge in [0, 0.05) is 57.2 Å². The maximum Gasteiger partial charge on any atom is 0.314 e. The molecule has 5 heterocycles. The number of carbonyl (C=O) groups is 1. The third-order valence-electron chi connectivity index (χ3n) is 14.2. The molecule has 4 fully saturated rings. The molecule has 13 heteroatoms. The van der Waals surface area contributed by atoms with E-state index < -0.39 is 72.4 Å². The molecule has 13 nitrogen and oxygen atoms in total. The molecule has 1 spiro atoms. The molecule has 0 amide bonds. The summed E-state index contributed by atoms with van der Waals surface area (Å²) in [7, 11) is 3.24. The largest absolute Gasteiger partial charge is 0.462 e. The third kappa shape index (κ3) is 10.5. The Balaban J connectivity index is 1.14. The molecule has 0 radical (unpaired) electrons. The highest BCUT2D eigenvalue weighted by Crippen LogP contribution is 2.52. The summed E-state index contributed by atoms with van der Waals surface area (Å²) in [6, 6.07) is 0. The topological polar surface area (TPSA) is 150 Å². The number of allylic oxidation sites excluding steroid dienone is 3. The van der Waals surface area contributed by atoms with Crippen LogP contribution in [0.2, 0.25) is 0 Å². The van der Waals surface area contributed by atoms with E-state index in [0.29, 0.717) is 43.8 Å². The average molecular weight is 873 g/mol. The van der Waals surface area contributed by atoms with E-state index in [1.165, 1.54) is 0 Å². The van der Waals surface area contributed by atoms with Crippen LogP contribution in [0.1, 0.15) is 101 Å². The minimum absolute atomic E-state index is 0.00124. The molecule has 350 valence electrons. The summed E-state index contributed by atoms with van der Waals surface area (Å²) >= 11 is 0. The van der Waals surface area contributed by atoms with Gasteiger partial charge in [-0.05, 0) is 62.8 Å². The zero-order valence-corrected chi connectivity index (χ0v) is 39.2. The van der Waals surface area contributed by atoms with Crippen LogP contribution in [0.5, 0.6) is 0 Å². The number of hydrogen-bond acceptors (Lipinski definition) is 13. The average Bonchev–Trinajstić information content (AvgIpc) is 3.57. The van der Waals surface area contributed by atoms with Gasteiger partial charge in [-0.2, -0.15) is 0 Å². The van der Waals surface area contributed by atoms with Gasteiger partial charge < -0.3 is 57.6 Å². The molecule has 2 N–H and O–H groups in total. The minimum Gasteiger partial charge on any atom is -0.462 e. The molecular formula is C49H76O13. The first-order valence-corrected chi connectivity index (χ1v) is 23.0. The summed E-state index contributed by atoms with van der Waals surface area (Å²) in [4.78, 5) is 14.3. The second-order valence-corrected chi connectivity index (χ2v) is 19.1. The first-order chi connectivity index (χ1) is 29.4. The standard InChI is InChI=1S/C49H76O13/c1-13-15-28(4)44(60-40-24-38(54-12)45(33(9)58-40)61-39-23-37(53-11)42(51)32(8)57-39)29(5)16-14-17-34-26-55-46-41(50)31(7)22-36(48(34,46)10)47(52)59-35-19-21-56-49(25-35)20-18-30(6)43(62-49)27(2)3/h14-18,20,22,27,29-30,32-33,35-46,50-51H,13,19,21,23-26H2,1-12H3/b16-14+,28-15+,34-17+/t29-,30-,32-,33-,35-,36+,37-,38-,39+,40+,41+,42+,43+,44+,45-,46-,48+,49+/m0/s1. The monoisotopic (exact) mass is 873 g/mol. The van der Waals surface area contributed by atoms with Crippen molar-refractivity contribution in [1.29, 1.82) is 0 Å². The number of esters is 1. The highest BCUT2D eigenvalue weighted by molar-refractivity contribution is 5.77. The minimum atomic E-state index is -0.922. The number of methoxy groups -OCH3 is 2. The molecule has 6 aliphatic rings. The van der Waals surface area contributed by atoms with E-state index >= 15 is 0 Å². The molecule has 0 aromatic carbocycles. The summed E-state index contributed by atoms with van der Waals surface area (Å²) < 4.78 is 62.5. The fourth-order valence-corrected chi connectivity index (χ4v) is 10.4. The Hall–Kier alpha value is -2.27. The molecule has 0 bridgehead atoms. The lowest BCUT2D eigenvalue weighted by atomic mass is 9.63. The van der Waals surface area contributed by atoms with Gasteiger partial charge in [0.1, 0.15) is 24.4 Å². The van der Waals surface area contributed by atoms with Gasteiger partial charge in [0.25, 0.3) is 0 Å². The number of aliphatic hydroxyl groups excluding tert-OH is 2. The normalized spacial score (nSPS) is 43.2. The lowest BCUT2D eigenvalue weighted by molar-refractivity contribution is -0.318. The van der Waals surface area contributed by atoms with E-state index in [1.807, 2.05) is 52.0 Å². The van der Waals surface area contributed by atoms with Crippen LogP contribution >= 0.6 is 0 Å². The quantitative estimate of drug-likeness (QED) is 0.138. The summed E-state index contributed by atoms with van der Waals surface area (Å²) in [5.74, 6) is -1.44. The molecular weight excluding hydrogens is 797 g/mol. The maximum absolute atomic E-state index is 14.3. The Kier molecular flexibility index (Phi) is 16.6. The smallest absolute Gasteiger partial charge is 0.314 e. The fourth-order valence-electron chi connectivity index (χ4n) is 10.4. The Morgan fingerprint density at radius 1 is 1.03 bits per heavy atom. The van der Waals surface area contributed by atoms with Gasteiger partial charge in [-0.1, -0.05) is 78.0 Å². The molecule has 0 aromatic rings. The van der Waals surface area contributed by atoms with Crippen molar-refractivity contribution in [1.82, 2.24) is 0 Å². The zero-order chi connectivity index (χ0) is 45.1. The van der Waals surface area contributed by atoms with Gasteiger partial charge in [-0.25, -0.2) is 0 Å². The van der Waals surface area contributed by atoms with Gasteiger partial charge in [0.15, 0.2) is 18.4 Å². The van der Waals surface area contributed by atoms with Gasteiger partial charge in [-0.3, -0.25) is 4.79 Å². The number of aliphatic hydroxyl groups is 2. The molecule has 0 aromatic heterocycles. The lowest BCUT2D eigenvalue weighted by Crippen LogP contribution is -2.55. The molecule has 62 heavy (non-hydrogen) atoms. The van der Waals surface area contributed by atoms with Crippen LogP contribution in [0.3, 0.4) is 0 Å². The molecule has 4 saturated heterocycles. The SMILES string of the molecule is CC/C=C(\C)[C@@H](O[C@@H]1C[C@H](OC)[C@@H](O[C@@H]2C[C@H](OC)[C@H](O)[C@H](C)O2)[C@H](C)O1)[C@@H](C)/C=C/C=C1\CO[C@H]2[C@H](O)C(C)=C[C@H](C(=O)O[C@H]3CCO[C@@]4(C=C[C@H](C)[C@@H](C(C)C)O4)C3)[C@@]12C. The molecule has 0 unspecified atom stereocenters. The second-order valence-electron chi connectivity index (χ2n) is 19.1. The first kappa shape index (κ1) is 49.2. The van der Waals surface area contributed by atoms with Crippen molar-refractivity contribution in [3.63, 3.8) is 0 Å². The molecule has 5 aliphatic heterocycles. The van der Waals surface area contributed by atoms with E-state index in [-0.39, 0.29) is 48.8 Å². The summed E-state index contributed by atoms with van der Waals surface area (Å²) in [6.45, 7) is 21.0. The van der Waals surface area contributed by atoms with Crippen LogP contribution in [0.4, 0.5) is 0 Å². The van der Waals surface area contributed by atoms with Crippen LogP contribution in [0.25, 0.3) is 0 Å². The number of ether oxygens (including phenoxy) is 10. The molecule has 1 aliphatic carbocycles. The predicted octanol–water partition coefficient (Wildman–Crippen LogP) is 6.90. The van der Waals surface area contributed by atoms with Gasteiger partial charge in [0.2, 0.25) is 0 Å². The van der Waals surface area contributed by atoms with E-state index in [2.05, 4.69) is 59.8 Å². The van der Waals surface area contributed by atoms with Crippen LogP contribution in [-0.4, -0.2) is 129 Å². The highest BCUT2D eigenvalue weighted by atomic mass is 16.7. The fraction of sp³-hybridized carbons (Fsp3) is 0.776. The zero-order valence-electron chi connectivity index (χ0n) is 39.2. The van der Waals surface area contributed by atoms with Gasteiger partial charge in [-0.15, -0.1) is 0 Å². The van der Waals surface area contributed by atoms with Crippen LogP contribution in [0, 0.1) is 29.1 Å². The van der Waals surface area contributed by atoms with Crippen LogP contribution in [0.15, 0.2) is 59.3 Å². The number of hydrogen-bond donors (Lipinski definition) is 2. The Bertz CT molecular complexity index is 1670. The summed E-state index contributed by atoms with van der Waals surface area (Å²) in [5.41, 5.74) is 1.84. The lowest BCUT2D eigenvalue weighted by Gasteiger charge is -2.46. The molecule has 0 saturated carbocycles. The van der Waals surface area contributed by atoms with E-state index in [0.717, 1.165) is 17.6 Å². The van der Waals surface area contributed by atoms with E-state index in [4.69, 9.17) is 47.4 Å². The highest BCUT2D eigenvalue weighted by Gasteiger charge is 2.57. The first-order valence-electron chi connectivity index (χ1n) is 23.0. The van der Waals surface area contributed by atoms with E-state index in [9.17, 15) is 15.0 Å². The van der Waals surface area contributed by atoms with Crippen molar-refractivity contribution in [2.75, 3.05) is 27.4 Å². The van der Waals surface area contributed by atoms with Crippen molar-refractivity contribution in [2.24, 2.45) is 29.1 Å². The molecule has 6 rings (SSSR count). The molecule has 18 atom stereocenters. The van der Waals surface area contributed by atoms with Gasteiger partial charge >= 0.3 is 5.97 Å². The third-order valence-corrected chi connectivity index (χ3v) is 14.2. The maximum atomic E-state index is 14.3. The Morgan fingerprint density at radius 3 is 2.44 bits per heavy atom. The van der Waals surface area contributed by atoms with Crippen molar-refractivity contribution in [3.05, 3.63) is 59.3 Å². The van der Waals surface area contributed by atoms with Crippen molar-refractivity contribution >= 4 is 5.97 Å². The van der Waals surface area contributed by atoms with E-state index in [1.54, 1.807) is 14.2 Å². The van der Waals surface area contributed by atoms with Crippen molar-refractivity contribution in [2.45, 2.75) is 187 Å². The summed E-state index contributed by atoms with van der Waals surface area (Å²) in [6.07, 6.45) is 11.0. The van der Waals surface area contributed by atoms with Gasteiger partial charge in [0.05, 0.1) is 61.9 Å². The van der Waals surface area contributed by atoms with Crippen molar-refractivity contribution in [3.8, 4) is 0 Å². The van der Waals surface area contributed by atoms with Crippen LogP contribution < -0.4 is 0 Å². The Morgan fingerprint density at radius 2 is 1.74 bits per heavy atom. The van der Waals surface area contributed by atoms with Crippen LogP contribution in [-0.2, 0) is 52.2 Å². The number of carbonyl (C=O) groups excluding carboxylic acids is 1. The number of fused-ring (bicyclic) bond motifs is 1. The Labute approximate surface area is 370 Å². The van der Waals surface area contributed by atoms with Crippen molar-refractivity contribution < 1.29 is 62.4 Å². The predicted molar refractivity (Wildman–Crippen MR) is 233 cm³/mol. The second kappa shape index (κ2) is 20.9.